The molecular formula is C12H19N5O3. The number of rotatable bonds is 5. The maximum Gasteiger partial charge on any atom is 0.332 e. The average molecular weight is 281 g/mol. The van der Waals surface area contributed by atoms with Gasteiger partial charge in [0, 0.05) is 33.9 Å². The quantitative estimate of drug-likeness (QED) is 0.748. The molecule has 0 radical (unpaired) electrons. The fourth-order valence-electron chi connectivity index (χ4n) is 2.23. The summed E-state index contributed by atoms with van der Waals surface area (Å²) in [4.78, 5) is 28.8. The Kier molecular flexibility index (Phi) is 3.93. The molecule has 20 heavy (non-hydrogen) atoms. The zero-order valence-electron chi connectivity index (χ0n) is 11.9. The Morgan fingerprint density at radius 2 is 2.00 bits per heavy atom. The molecule has 8 heteroatoms. The summed E-state index contributed by atoms with van der Waals surface area (Å²) in [5.74, 6) is 0.214. The third-order valence-corrected chi connectivity index (χ3v) is 3.32. The summed E-state index contributed by atoms with van der Waals surface area (Å²) >= 11 is 0. The van der Waals surface area contributed by atoms with Crippen LogP contribution in [0.2, 0.25) is 0 Å². The van der Waals surface area contributed by atoms with E-state index in [-0.39, 0.29) is 17.2 Å². The van der Waals surface area contributed by atoms with Crippen LogP contribution >= 0.6 is 0 Å². The van der Waals surface area contributed by atoms with Crippen molar-refractivity contribution in [2.45, 2.75) is 26.4 Å². The maximum absolute atomic E-state index is 12.3. The van der Waals surface area contributed by atoms with Gasteiger partial charge in [0.15, 0.2) is 11.2 Å². The number of imidazole rings is 1. The van der Waals surface area contributed by atoms with E-state index < -0.39 is 0 Å². The average Bonchev–Trinajstić information content (AvgIpc) is 2.70. The van der Waals surface area contributed by atoms with Gasteiger partial charge >= 0.3 is 5.69 Å². The van der Waals surface area contributed by atoms with Gasteiger partial charge in [-0.3, -0.25) is 13.9 Å². The van der Waals surface area contributed by atoms with Crippen molar-refractivity contribution in [1.82, 2.24) is 18.7 Å². The molecule has 2 heterocycles. The van der Waals surface area contributed by atoms with Crippen LogP contribution in [-0.4, -0.2) is 32.4 Å². The van der Waals surface area contributed by atoms with E-state index in [0.29, 0.717) is 37.3 Å². The number of nitrogens with zero attached hydrogens (tertiary/aromatic N) is 4. The van der Waals surface area contributed by atoms with Gasteiger partial charge in [-0.25, -0.2) is 4.79 Å². The number of methoxy groups -OCH3 is 1. The van der Waals surface area contributed by atoms with E-state index in [2.05, 4.69) is 4.98 Å². The van der Waals surface area contributed by atoms with E-state index in [9.17, 15) is 9.59 Å². The molecule has 0 saturated carbocycles. The number of hydrogen-bond donors (Lipinski definition) is 1. The number of nitrogens with two attached hydrogens (primary N) is 1. The van der Waals surface area contributed by atoms with Gasteiger partial charge in [0.1, 0.15) is 0 Å². The van der Waals surface area contributed by atoms with Gasteiger partial charge in [-0.2, -0.15) is 4.98 Å². The molecule has 0 bridgehead atoms. The normalized spacial score (nSPS) is 11.3. The van der Waals surface area contributed by atoms with Gasteiger partial charge in [0.2, 0.25) is 5.95 Å². The van der Waals surface area contributed by atoms with E-state index in [1.54, 1.807) is 21.1 Å². The molecule has 110 valence electrons. The van der Waals surface area contributed by atoms with E-state index in [4.69, 9.17) is 10.5 Å². The number of aryl methyl sites for hydroxylation is 2. The fourth-order valence-corrected chi connectivity index (χ4v) is 2.23. The fraction of sp³-hybridized carbons (Fsp3) is 0.583. The van der Waals surface area contributed by atoms with Gasteiger partial charge in [-0.1, -0.05) is 0 Å². The van der Waals surface area contributed by atoms with Crippen LogP contribution in [0.15, 0.2) is 9.59 Å². The van der Waals surface area contributed by atoms with Crippen molar-refractivity contribution in [3.63, 3.8) is 0 Å². The third-order valence-electron chi connectivity index (χ3n) is 3.32. The van der Waals surface area contributed by atoms with Gasteiger partial charge < -0.3 is 15.0 Å². The second-order valence-electron chi connectivity index (χ2n) is 4.53. The van der Waals surface area contributed by atoms with Crippen molar-refractivity contribution in [3.8, 4) is 0 Å². The number of aromatic nitrogens is 4. The third kappa shape index (κ3) is 2.11. The second kappa shape index (κ2) is 5.49. The Morgan fingerprint density at radius 3 is 2.60 bits per heavy atom. The highest BCUT2D eigenvalue weighted by atomic mass is 16.5. The van der Waals surface area contributed by atoms with Crippen LogP contribution in [0.1, 0.15) is 13.3 Å². The zero-order valence-corrected chi connectivity index (χ0v) is 11.9. The highest BCUT2D eigenvalue weighted by Crippen LogP contribution is 2.11. The summed E-state index contributed by atoms with van der Waals surface area (Å²) in [5, 5.41) is 0. The molecule has 0 saturated heterocycles. The second-order valence-corrected chi connectivity index (χ2v) is 4.53. The summed E-state index contributed by atoms with van der Waals surface area (Å²) < 4.78 is 9.17. The van der Waals surface area contributed by atoms with Crippen LogP contribution in [0, 0.1) is 0 Å². The molecule has 2 aromatic rings. The first-order chi connectivity index (χ1) is 9.52. The minimum Gasteiger partial charge on any atom is -0.385 e. The van der Waals surface area contributed by atoms with Gasteiger partial charge in [-0.05, 0) is 13.3 Å². The standard InChI is InChI=1S/C12H19N5O3/c1-4-16-10(18)8-9(14-11(13)15(8)2)17(12(16)19)6-5-7-20-3/h4-7H2,1-3H3,(H2,13,14). The lowest BCUT2D eigenvalue weighted by Gasteiger charge is -2.10. The number of hydrogen-bond acceptors (Lipinski definition) is 5. The summed E-state index contributed by atoms with van der Waals surface area (Å²) in [7, 11) is 3.26. The summed E-state index contributed by atoms with van der Waals surface area (Å²) in [6.45, 7) is 3.03. The molecule has 0 unspecified atom stereocenters. The molecular weight excluding hydrogens is 262 g/mol. The van der Waals surface area contributed by atoms with Crippen LogP contribution in [0.5, 0.6) is 0 Å². The van der Waals surface area contributed by atoms with E-state index >= 15 is 0 Å². The molecule has 0 fully saturated rings. The topological polar surface area (TPSA) is 97.1 Å². The van der Waals surface area contributed by atoms with Crippen molar-refractivity contribution in [2.75, 3.05) is 19.5 Å². The zero-order chi connectivity index (χ0) is 14.9. The Bertz CT molecular complexity index is 740. The molecule has 2 aromatic heterocycles. The molecule has 0 aliphatic heterocycles. The van der Waals surface area contributed by atoms with E-state index in [1.807, 2.05) is 0 Å². The van der Waals surface area contributed by atoms with Crippen molar-refractivity contribution >= 4 is 17.1 Å². The number of fused-ring (bicyclic) bond motifs is 1. The minimum absolute atomic E-state index is 0.214. The Labute approximate surface area is 115 Å². The predicted molar refractivity (Wildman–Crippen MR) is 75.8 cm³/mol. The Balaban J connectivity index is 2.74. The molecule has 0 aromatic carbocycles. The summed E-state index contributed by atoms with van der Waals surface area (Å²) in [5.41, 5.74) is 5.71. The van der Waals surface area contributed by atoms with Crippen molar-refractivity contribution < 1.29 is 4.74 Å². The monoisotopic (exact) mass is 281 g/mol. The lowest BCUT2D eigenvalue weighted by atomic mass is 10.4. The number of ether oxygens (including phenoxy) is 1. The molecule has 2 rings (SSSR count). The first kappa shape index (κ1) is 14.3. The first-order valence-electron chi connectivity index (χ1n) is 6.47. The van der Waals surface area contributed by atoms with E-state index in [0.717, 1.165) is 0 Å². The van der Waals surface area contributed by atoms with Crippen molar-refractivity contribution in [3.05, 3.63) is 20.8 Å². The highest BCUT2D eigenvalue weighted by molar-refractivity contribution is 5.73. The largest absolute Gasteiger partial charge is 0.385 e. The predicted octanol–water partition coefficient (Wildman–Crippen LogP) is -0.465. The van der Waals surface area contributed by atoms with Crippen LogP contribution in [-0.2, 0) is 24.9 Å². The van der Waals surface area contributed by atoms with Crippen LogP contribution < -0.4 is 17.0 Å². The van der Waals surface area contributed by atoms with Crippen molar-refractivity contribution in [2.24, 2.45) is 7.05 Å². The lowest BCUT2D eigenvalue weighted by Crippen LogP contribution is -2.40. The SMILES string of the molecule is CCn1c(=O)c2c(nc(N)n2C)n(CCCOC)c1=O. The Hall–Kier alpha value is -2.09. The first-order valence-corrected chi connectivity index (χ1v) is 6.47. The maximum atomic E-state index is 12.3. The molecule has 0 spiro atoms. The van der Waals surface area contributed by atoms with E-state index in [1.165, 1.54) is 13.7 Å². The highest BCUT2D eigenvalue weighted by Gasteiger charge is 2.17. The van der Waals surface area contributed by atoms with Gasteiger partial charge in [0.05, 0.1) is 0 Å². The molecule has 0 aliphatic rings. The van der Waals surface area contributed by atoms with Gasteiger partial charge in [0.25, 0.3) is 5.56 Å². The van der Waals surface area contributed by atoms with Crippen LogP contribution in [0.4, 0.5) is 5.95 Å². The number of anilines is 1. The summed E-state index contributed by atoms with van der Waals surface area (Å²) in [6.07, 6.45) is 0.657. The minimum atomic E-state index is -0.362. The molecule has 8 nitrogen and oxygen atoms in total. The molecule has 0 atom stereocenters. The molecule has 2 N–H and O–H groups in total. The van der Waals surface area contributed by atoms with Crippen molar-refractivity contribution in [1.29, 1.82) is 0 Å². The van der Waals surface area contributed by atoms with Crippen LogP contribution in [0.25, 0.3) is 11.2 Å². The lowest BCUT2D eigenvalue weighted by molar-refractivity contribution is 0.190. The number of nitrogen functional groups attached to an aromatic ring is 1. The molecule has 0 amide bonds. The van der Waals surface area contributed by atoms with Crippen LogP contribution in [0.3, 0.4) is 0 Å². The van der Waals surface area contributed by atoms with Gasteiger partial charge in [-0.15, -0.1) is 0 Å². The molecule has 0 aliphatic carbocycles. The smallest absolute Gasteiger partial charge is 0.332 e. The Morgan fingerprint density at radius 1 is 1.30 bits per heavy atom. The summed E-state index contributed by atoms with van der Waals surface area (Å²) in [6, 6.07) is 0.